The van der Waals surface area contributed by atoms with Gasteiger partial charge < -0.3 is 14.0 Å². The Morgan fingerprint density at radius 3 is 2.64 bits per heavy atom. The third-order valence-corrected chi connectivity index (χ3v) is 3.88. The van der Waals surface area contributed by atoms with Crippen LogP contribution in [0, 0.1) is 0 Å². The third-order valence-electron chi connectivity index (χ3n) is 3.62. The molecule has 0 unspecified atom stereocenters. The van der Waals surface area contributed by atoms with Gasteiger partial charge in [0.2, 0.25) is 0 Å². The highest BCUT2D eigenvalue weighted by Gasteiger charge is 2.10. The minimum atomic E-state index is 0.329. The normalized spacial score (nSPS) is 15.9. The second kappa shape index (κ2) is 7.63. The number of alkyl halides is 1. The zero-order chi connectivity index (χ0) is 15.2. The van der Waals surface area contributed by atoms with Crippen LogP contribution >= 0.6 is 11.6 Å². The summed E-state index contributed by atoms with van der Waals surface area (Å²) in [5, 5.41) is 3.99. The lowest BCUT2D eigenvalue weighted by molar-refractivity contribution is 0.0322. The Bertz CT molecular complexity index is 579. The van der Waals surface area contributed by atoms with Gasteiger partial charge in [-0.15, -0.1) is 11.6 Å². The third kappa shape index (κ3) is 4.00. The summed E-state index contributed by atoms with van der Waals surface area (Å²) in [6.45, 7) is 5.20. The van der Waals surface area contributed by atoms with Crippen molar-refractivity contribution in [3.05, 3.63) is 36.1 Å². The molecule has 118 valence electrons. The molecule has 0 amide bonds. The van der Waals surface area contributed by atoms with E-state index in [-0.39, 0.29) is 0 Å². The van der Waals surface area contributed by atoms with Crippen molar-refractivity contribution in [2.45, 2.75) is 5.88 Å². The Labute approximate surface area is 134 Å². The number of halogens is 1. The molecular weight excluding hydrogens is 304 g/mol. The van der Waals surface area contributed by atoms with Gasteiger partial charge in [0.05, 0.1) is 19.1 Å². The SMILES string of the molecule is ClCc1cc(-c2ccc(OCCN3CCOCC3)cc2)no1. The molecule has 22 heavy (non-hydrogen) atoms. The van der Waals surface area contributed by atoms with Crippen molar-refractivity contribution in [3.8, 4) is 17.0 Å². The monoisotopic (exact) mass is 322 g/mol. The molecule has 0 bridgehead atoms. The number of morpholine rings is 1. The van der Waals surface area contributed by atoms with Gasteiger partial charge >= 0.3 is 0 Å². The smallest absolute Gasteiger partial charge is 0.152 e. The summed E-state index contributed by atoms with van der Waals surface area (Å²) in [5.74, 6) is 1.86. The van der Waals surface area contributed by atoms with Gasteiger partial charge in [-0.05, 0) is 24.3 Å². The number of nitrogens with zero attached hydrogens (tertiary/aromatic N) is 2. The van der Waals surface area contributed by atoms with E-state index in [0.717, 1.165) is 49.9 Å². The Morgan fingerprint density at radius 1 is 1.18 bits per heavy atom. The molecule has 5 nitrogen and oxygen atoms in total. The van der Waals surface area contributed by atoms with E-state index in [9.17, 15) is 0 Å². The summed E-state index contributed by atoms with van der Waals surface area (Å²) in [6.07, 6.45) is 0. The van der Waals surface area contributed by atoms with Crippen LogP contribution in [0.1, 0.15) is 5.76 Å². The average Bonchev–Trinajstić information content (AvgIpc) is 3.06. The Kier molecular flexibility index (Phi) is 5.32. The average molecular weight is 323 g/mol. The lowest BCUT2D eigenvalue weighted by atomic mass is 10.1. The maximum atomic E-state index is 5.78. The molecule has 1 aromatic carbocycles. The van der Waals surface area contributed by atoms with Gasteiger partial charge in [-0.1, -0.05) is 5.16 Å². The van der Waals surface area contributed by atoms with Crippen LogP contribution in [0.5, 0.6) is 5.75 Å². The van der Waals surface area contributed by atoms with Crippen molar-refractivity contribution < 1.29 is 14.0 Å². The minimum absolute atomic E-state index is 0.329. The topological polar surface area (TPSA) is 47.7 Å². The molecular formula is C16H19ClN2O3. The minimum Gasteiger partial charge on any atom is -0.492 e. The molecule has 0 N–H and O–H groups in total. The van der Waals surface area contributed by atoms with Crippen LogP contribution in [0.2, 0.25) is 0 Å². The molecule has 3 rings (SSSR count). The van der Waals surface area contributed by atoms with E-state index in [1.54, 1.807) is 0 Å². The van der Waals surface area contributed by atoms with Crippen molar-refractivity contribution in [1.29, 1.82) is 0 Å². The molecule has 1 aliphatic rings. The summed E-state index contributed by atoms with van der Waals surface area (Å²) in [7, 11) is 0. The Morgan fingerprint density at radius 2 is 1.95 bits per heavy atom. The molecule has 0 aliphatic carbocycles. The second-order valence-corrected chi connectivity index (χ2v) is 5.41. The summed E-state index contributed by atoms with van der Waals surface area (Å²) < 4.78 is 16.2. The van der Waals surface area contributed by atoms with Crippen molar-refractivity contribution in [1.82, 2.24) is 10.1 Å². The Balaban J connectivity index is 1.50. The largest absolute Gasteiger partial charge is 0.492 e. The van der Waals surface area contributed by atoms with Gasteiger partial charge in [0, 0.05) is 31.3 Å². The number of benzene rings is 1. The molecule has 1 saturated heterocycles. The van der Waals surface area contributed by atoms with Crippen molar-refractivity contribution in [2.24, 2.45) is 0 Å². The van der Waals surface area contributed by atoms with Crippen LogP contribution in [0.15, 0.2) is 34.9 Å². The predicted molar refractivity (Wildman–Crippen MR) is 84.3 cm³/mol. The fourth-order valence-electron chi connectivity index (χ4n) is 2.35. The molecule has 0 atom stereocenters. The molecule has 0 spiro atoms. The quantitative estimate of drug-likeness (QED) is 0.765. The number of rotatable bonds is 6. The fourth-order valence-corrected chi connectivity index (χ4v) is 2.48. The fraction of sp³-hybridized carbons (Fsp3) is 0.438. The van der Waals surface area contributed by atoms with Crippen LogP contribution in [0.25, 0.3) is 11.3 Å². The molecule has 1 aliphatic heterocycles. The van der Waals surface area contributed by atoms with E-state index in [1.807, 2.05) is 30.3 Å². The van der Waals surface area contributed by atoms with Gasteiger partial charge in [-0.3, -0.25) is 4.90 Å². The molecule has 1 fully saturated rings. The highest BCUT2D eigenvalue weighted by atomic mass is 35.5. The molecule has 2 aromatic rings. The van der Waals surface area contributed by atoms with Crippen LogP contribution < -0.4 is 4.74 Å². The first-order valence-electron chi connectivity index (χ1n) is 7.40. The van der Waals surface area contributed by atoms with Crippen molar-refractivity contribution in [3.63, 3.8) is 0 Å². The van der Waals surface area contributed by atoms with Gasteiger partial charge in [-0.2, -0.15) is 0 Å². The summed E-state index contributed by atoms with van der Waals surface area (Å²) in [5.41, 5.74) is 1.77. The molecule has 1 aromatic heterocycles. The zero-order valence-corrected chi connectivity index (χ0v) is 13.1. The summed E-state index contributed by atoms with van der Waals surface area (Å²) >= 11 is 5.71. The number of ether oxygens (including phenoxy) is 2. The van der Waals surface area contributed by atoms with E-state index >= 15 is 0 Å². The standard InChI is InChI=1S/C16H19ClN2O3/c17-12-15-11-16(18-22-15)13-1-3-14(4-2-13)21-10-7-19-5-8-20-9-6-19/h1-4,11H,5-10,12H2. The van der Waals surface area contributed by atoms with Gasteiger partial charge in [-0.25, -0.2) is 0 Å². The molecule has 0 saturated carbocycles. The van der Waals surface area contributed by atoms with Gasteiger partial charge in [0.1, 0.15) is 18.1 Å². The highest BCUT2D eigenvalue weighted by Crippen LogP contribution is 2.22. The number of hydrogen-bond donors (Lipinski definition) is 0. The van der Waals surface area contributed by atoms with Crippen LogP contribution in [-0.2, 0) is 10.6 Å². The maximum Gasteiger partial charge on any atom is 0.152 e. The zero-order valence-electron chi connectivity index (χ0n) is 12.3. The number of hydrogen-bond acceptors (Lipinski definition) is 5. The lowest BCUT2D eigenvalue weighted by Gasteiger charge is -2.26. The van der Waals surface area contributed by atoms with E-state index in [0.29, 0.717) is 18.2 Å². The van der Waals surface area contributed by atoms with E-state index in [2.05, 4.69) is 10.1 Å². The summed E-state index contributed by atoms with van der Waals surface area (Å²) in [6, 6.07) is 9.69. The van der Waals surface area contributed by atoms with Crippen molar-refractivity contribution >= 4 is 11.6 Å². The molecule has 0 radical (unpaired) electrons. The van der Waals surface area contributed by atoms with Crippen LogP contribution in [-0.4, -0.2) is 49.5 Å². The molecule has 2 heterocycles. The highest BCUT2D eigenvalue weighted by molar-refractivity contribution is 6.16. The van der Waals surface area contributed by atoms with Crippen LogP contribution in [0.4, 0.5) is 0 Å². The van der Waals surface area contributed by atoms with E-state index in [4.69, 9.17) is 25.6 Å². The second-order valence-electron chi connectivity index (χ2n) is 5.14. The van der Waals surface area contributed by atoms with Gasteiger partial charge in [0.15, 0.2) is 5.76 Å². The lowest BCUT2D eigenvalue weighted by Crippen LogP contribution is -2.38. The first-order chi connectivity index (χ1) is 10.8. The number of aromatic nitrogens is 1. The van der Waals surface area contributed by atoms with Crippen molar-refractivity contribution in [2.75, 3.05) is 39.5 Å². The first kappa shape index (κ1) is 15.3. The predicted octanol–water partition coefficient (Wildman–Crippen LogP) is 2.79. The summed E-state index contributed by atoms with van der Waals surface area (Å²) in [4.78, 5) is 2.35. The van der Waals surface area contributed by atoms with E-state index in [1.165, 1.54) is 0 Å². The molecule has 6 heteroatoms. The first-order valence-corrected chi connectivity index (χ1v) is 7.93. The Hall–Kier alpha value is -1.56. The van der Waals surface area contributed by atoms with E-state index < -0.39 is 0 Å². The van der Waals surface area contributed by atoms with Crippen LogP contribution in [0.3, 0.4) is 0 Å². The van der Waals surface area contributed by atoms with Gasteiger partial charge in [0.25, 0.3) is 0 Å². The maximum absolute atomic E-state index is 5.78.